The van der Waals surface area contributed by atoms with Gasteiger partial charge in [-0.25, -0.2) is 9.98 Å². The summed E-state index contributed by atoms with van der Waals surface area (Å²) in [6, 6.07) is 4.02. The molecule has 9 nitrogen and oxygen atoms in total. The van der Waals surface area contributed by atoms with Crippen LogP contribution in [0.25, 0.3) is 0 Å². The van der Waals surface area contributed by atoms with E-state index in [1.807, 2.05) is 26.1 Å². The molecule has 2 saturated heterocycles. The molecule has 0 radical (unpaired) electrons. The van der Waals surface area contributed by atoms with Crippen LogP contribution in [0.5, 0.6) is 0 Å². The number of anilines is 1. The summed E-state index contributed by atoms with van der Waals surface area (Å²) in [7, 11) is 0. The van der Waals surface area contributed by atoms with Gasteiger partial charge in [0.1, 0.15) is 5.82 Å². The summed E-state index contributed by atoms with van der Waals surface area (Å²) in [6.07, 6.45) is 1.82. The Labute approximate surface area is 202 Å². The van der Waals surface area contributed by atoms with Crippen molar-refractivity contribution in [3.8, 4) is 0 Å². The highest BCUT2D eigenvalue weighted by atomic mass is 127. The lowest BCUT2D eigenvalue weighted by Gasteiger charge is -2.34. The number of nitrogens with one attached hydrogen (secondary N) is 2. The van der Waals surface area contributed by atoms with Crippen LogP contribution in [0, 0.1) is 0 Å². The van der Waals surface area contributed by atoms with Gasteiger partial charge in [0.2, 0.25) is 0 Å². The van der Waals surface area contributed by atoms with Crippen LogP contribution < -0.4 is 15.5 Å². The smallest absolute Gasteiger partial charge is 0.191 e. The molecular weight excluding hydrogens is 511 g/mol. The molecule has 0 bridgehead atoms. The summed E-state index contributed by atoms with van der Waals surface area (Å²) in [6.45, 7) is 12.5. The number of aliphatic hydroxyl groups is 1. The monoisotopic (exact) mass is 548 g/mol. The highest BCUT2D eigenvalue weighted by Crippen LogP contribution is 2.19. The fourth-order valence-electron chi connectivity index (χ4n) is 3.69. The Kier molecular flexibility index (Phi) is 11.2. The van der Waals surface area contributed by atoms with Crippen molar-refractivity contribution in [2.24, 2.45) is 4.99 Å². The molecule has 2 aliphatic rings. The second-order valence-electron chi connectivity index (χ2n) is 8.02. The molecule has 0 amide bonds. The third-order valence-corrected chi connectivity index (χ3v) is 5.23. The van der Waals surface area contributed by atoms with Crippen LogP contribution in [0.15, 0.2) is 23.3 Å². The quantitative estimate of drug-likeness (QED) is 0.248. The van der Waals surface area contributed by atoms with E-state index >= 15 is 0 Å². The van der Waals surface area contributed by atoms with Crippen LogP contribution in [0.3, 0.4) is 0 Å². The van der Waals surface area contributed by atoms with Gasteiger partial charge >= 0.3 is 0 Å². The molecule has 10 heteroatoms. The van der Waals surface area contributed by atoms with E-state index in [4.69, 9.17) is 14.5 Å². The van der Waals surface area contributed by atoms with E-state index in [0.29, 0.717) is 25.6 Å². The minimum atomic E-state index is -0.860. The number of halogens is 1. The maximum absolute atomic E-state index is 10.8. The standard InChI is InChI=1S/C21H36N6O3.HI/c1-3-22-20(25-16-21(2,28)17-26-7-11-29-12-8-26)24-15-18-5-4-6-23-19(18)27-9-13-30-14-10-27;/h4-6,28H,3,7-17H2,1-2H3,(H2,22,24,25);1H. The number of nitrogens with zero attached hydrogens (tertiary/aromatic N) is 4. The largest absolute Gasteiger partial charge is 0.387 e. The Morgan fingerprint density at radius 2 is 1.84 bits per heavy atom. The Hall–Kier alpha value is -1.21. The van der Waals surface area contributed by atoms with Crippen LogP contribution in [0.4, 0.5) is 5.82 Å². The van der Waals surface area contributed by atoms with Crippen molar-refractivity contribution in [3.63, 3.8) is 0 Å². The van der Waals surface area contributed by atoms with Gasteiger partial charge in [-0.3, -0.25) is 4.90 Å². The van der Waals surface area contributed by atoms with Crippen molar-refractivity contribution >= 4 is 35.8 Å². The van der Waals surface area contributed by atoms with Crippen LogP contribution in [-0.4, -0.2) is 98.8 Å². The van der Waals surface area contributed by atoms with Gasteiger partial charge in [0.05, 0.1) is 38.6 Å². The number of aliphatic imine (C=N–C) groups is 1. The van der Waals surface area contributed by atoms with Crippen molar-refractivity contribution in [1.29, 1.82) is 0 Å². The van der Waals surface area contributed by atoms with Crippen molar-refractivity contribution in [3.05, 3.63) is 23.9 Å². The number of hydrogen-bond donors (Lipinski definition) is 3. The number of guanidine groups is 1. The number of β-amino-alcohol motifs (C(OH)–C–C–N with tert-alkyl or cyclic N) is 1. The molecule has 1 atom stereocenters. The first kappa shape index (κ1) is 26.0. The van der Waals surface area contributed by atoms with Crippen LogP contribution in [-0.2, 0) is 16.0 Å². The van der Waals surface area contributed by atoms with E-state index in [0.717, 1.165) is 70.5 Å². The van der Waals surface area contributed by atoms with Gasteiger partial charge in [0.25, 0.3) is 0 Å². The maximum Gasteiger partial charge on any atom is 0.191 e. The molecule has 0 aromatic carbocycles. The second-order valence-corrected chi connectivity index (χ2v) is 8.02. The van der Waals surface area contributed by atoms with E-state index in [9.17, 15) is 5.11 Å². The normalized spacial score (nSPS) is 20.0. The van der Waals surface area contributed by atoms with Gasteiger partial charge in [-0.2, -0.15) is 0 Å². The second kappa shape index (κ2) is 13.4. The third-order valence-electron chi connectivity index (χ3n) is 5.23. The summed E-state index contributed by atoms with van der Waals surface area (Å²) in [5.74, 6) is 1.66. The van der Waals surface area contributed by atoms with Gasteiger partial charge in [-0.15, -0.1) is 24.0 Å². The number of ether oxygens (including phenoxy) is 2. The van der Waals surface area contributed by atoms with E-state index in [-0.39, 0.29) is 24.0 Å². The van der Waals surface area contributed by atoms with Gasteiger partial charge in [0, 0.05) is 57.6 Å². The van der Waals surface area contributed by atoms with Gasteiger partial charge in [0.15, 0.2) is 5.96 Å². The van der Waals surface area contributed by atoms with Crippen molar-refractivity contribution in [1.82, 2.24) is 20.5 Å². The summed E-state index contributed by atoms with van der Waals surface area (Å²) < 4.78 is 10.8. The molecule has 1 aromatic rings. The number of aromatic nitrogens is 1. The Balaban J connectivity index is 0.00000341. The number of rotatable bonds is 8. The van der Waals surface area contributed by atoms with Crippen molar-refractivity contribution in [2.75, 3.05) is 77.1 Å². The average molecular weight is 548 g/mol. The van der Waals surface area contributed by atoms with Crippen LogP contribution in [0.2, 0.25) is 0 Å². The summed E-state index contributed by atoms with van der Waals surface area (Å²) in [4.78, 5) is 13.8. The lowest BCUT2D eigenvalue weighted by Crippen LogP contribution is -2.53. The maximum atomic E-state index is 10.8. The molecule has 0 spiro atoms. The highest BCUT2D eigenvalue weighted by molar-refractivity contribution is 14.0. The topological polar surface area (TPSA) is 94.5 Å². The molecule has 1 unspecified atom stereocenters. The molecule has 3 rings (SSSR count). The molecular formula is C21H37IN6O3. The van der Waals surface area contributed by atoms with Gasteiger partial charge < -0.3 is 30.1 Å². The zero-order chi connectivity index (χ0) is 21.2. The van der Waals surface area contributed by atoms with E-state index in [1.165, 1.54) is 0 Å². The fourth-order valence-corrected chi connectivity index (χ4v) is 3.69. The van der Waals surface area contributed by atoms with Gasteiger partial charge in [-0.05, 0) is 19.9 Å². The zero-order valence-corrected chi connectivity index (χ0v) is 21.0. The number of morpholine rings is 2. The van der Waals surface area contributed by atoms with E-state index in [1.54, 1.807) is 0 Å². The predicted octanol–water partition coefficient (Wildman–Crippen LogP) is 0.675. The first-order valence-electron chi connectivity index (χ1n) is 10.9. The summed E-state index contributed by atoms with van der Waals surface area (Å²) >= 11 is 0. The molecule has 3 N–H and O–H groups in total. The molecule has 2 fully saturated rings. The van der Waals surface area contributed by atoms with Gasteiger partial charge in [-0.1, -0.05) is 6.07 Å². The molecule has 0 aliphatic carbocycles. The molecule has 31 heavy (non-hydrogen) atoms. The number of hydrogen-bond acceptors (Lipinski definition) is 7. The van der Waals surface area contributed by atoms with Crippen molar-refractivity contribution < 1.29 is 14.6 Å². The Morgan fingerprint density at radius 1 is 1.16 bits per heavy atom. The Bertz CT molecular complexity index is 679. The average Bonchev–Trinajstić information content (AvgIpc) is 2.77. The van der Waals surface area contributed by atoms with E-state index in [2.05, 4.69) is 31.5 Å². The first-order chi connectivity index (χ1) is 14.6. The lowest BCUT2D eigenvalue weighted by molar-refractivity contribution is -0.0201. The molecule has 0 saturated carbocycles. The molecule has 2 aliphatic heterocycles. The zero-order valence-electron chi connectivity index (χ0n) is 18.7. The molecule has 176 valence electrons. The molecule has 3 heterocycles. The van der Waals surface area contributed by atoms with E-state index < -0.39 is 5.60 Å². The third kappa shape index (κ3) is 8.68. The Morgan fingerprint density at radius 3 is 2.52 bits per heavy atom. The van der Waals surface area contributed by atoms with Crippen molar-refractivity contribution in [2.45, 2.75) is 26.0 Å². The number of pyridine rings is 1. The highest BCUT2D eigenvalue weighted by Gasteiger charge is 2.25. The first-order valence-corrected chi connectivity index (χ1v) is 10.9. The summed E-state index contributed by atoms with van der Waals surface area (Å²) in [5, 5.41) is 17.4. The predicted molar refractivity (Wildman–Crippen MR) is 133 cm³/mol. The minimum absolute atomic E-state index is 0. The fraction of sp³-hybridized carbons (Fsp3) is 0.714. The minimum Gasteiger partial charge on any atom is -0.387 e. The lowest BCUT2D eigenvalue weighted by atomic mass is 10.1. The molecule has 1 aromatic heterocycles. The SMILES string of the molecule is CCNC(=NCc1cccnc1N1CCOCC1)NCC(C)(O)CN1CCOCC1.I. The van der Waals surface area contributed by atoms with Crippen LogP contribution in [0.1, 0.15) is 19.4 Å². The summed E-state index contributed by atoms with van der Waals surface area (Å²) in [5.41, 5.74) is 0.220. The van der Waals surface area contributed by atoms with Crippen LogP contribution >= 0.6 is 24.0 Å².